The smallest absolute Gasteiger partial charge is 0.248 e. The third kappa shape index (κ3) is 5.66. The van der Waals surface area contributed by atoms with Gasteiger partial charge in [-0.1, -0.05) is 13.8 Å². The van der Waals surface area contributed by atoms with E-state index in [-0.39, 0.29) is 35.7 Å². The number of halogens is 1. The zero-order chi connectivity index (χ0) is 22.6. The fraction of sp³-hybridized carbons (Fsp3) is 0.450. The summed E-state index contributed by atoms with van der Waals surface area (Å²) in [5.74, 6) is -1.65. The standard InChI is InChI=1S/C20H25FN4O4S2/c1-13(2)17(19(27)24-20-22-9-12-30-20)23-18(26)14-7-10-25(11-8-14)31(28,29)16-5-3-15(21)4-6-16/h3-6,9,12-14,17H,7-8,10-11H2,1-2H3,(H,23,26)(H,22,24,27)/t17-/m0/s1. The summed E-state index contributed by atoms with van der Waals surface area (Å²) >= 11 is 1.29. The van der Waals surface area contributed by atoms with Crippen molar-refractivity contribution in [2.45, 2.75) is 37.6 Å². The number of carbonyl (C=O) groups excluding carboxylic acids is 2. The predicted octanol–water partition coefficient (Wildman–Crippen LogP) is 2.46. The monoisotopic (exact) mass is 468 g/mol. The van der Waals surface area contributed by atoms with Crippen LogP contribution < -0.4 is 10.6 Å². The summed E-state index contributed by atoms with van der Waals surface area (Å²) in [6, 6.07) is 3.96. The highest BCUT2D eigenvalue weighted by atomic mass is 32.2. The number of rotatable bonds is 7. The zero-order valence-corrected chi connectivity index (χ0v) is 18.9. The number of hydrogen-bond donors (Lipinski definition) is 2. The molecule has 1 saturated heterocycles. The zero-order valence-electron chi connectivity index (χ0n) is 17.2. The molecule has 0 aliphatic carbocycles. The molecule has 1 aromatic carbocycles. The number of piperidine rings is 1. The third-order valence-corrected chi connectivity index (χ3v) is 7.79. The van der Waals surface area contributed by atoms with E-state index in [2.05, 4.69) is 15.6 Å². The number of nitrogens with zero attached hydrogens (tertiary/aromatic N) is 2. The summed E-state index contributed by atoms with van der Waals surface area (Å²) in [6.07, 6.45) is 2.26. The van der Waals surface area contributed by atoms with E-state index < -0.39 is 27.8 Å². The molecule has 168 valence electrons. The molecule has 2 heterocycles. The average molecular weight is 469 g/mol. The maximum absolute atomic E-state index is 13.1. The highest BCUT2D eigenvalue weighted by Gasteiger charge is 2.34. The fourth-order valence-electron chi connectivity index (χ4n) is 3.39. The van der Waals surface area contributed by atoms with Crippen LogP contribution in [0.5, 0.6) is 0 Å². The molecule has 2 amide bonds. The fourth-order valence-corrected chi connectivity index (χ4v) is 5.39. The maximum atomic E-state index is 13.1. The second-order valence-electron chi connectivity index (χ2n) is 7.69. The van der Waals surface area contributed by atoms with Crippen molar-refractivity contribution >= 4 is 38.3 Å². The molecule has 0 radical (unpaired) electrons. The molecule has 0 spiro atoms. The van der Waals surface area contributed by atoms with Gasteiger partial charge in [-0.3, -0.25) is 9.59 Å². The molecule has 2 N–H and O–H groups in total. The molecule has 1 fully saturated rings. The Balaban J connectivity index is 1.58. The van der Waals surface area contributed by atoms with Gasteiger partial charge in [-0.2, -0.15) is 4.31 Å². The van der Waals surface area contributed by atoms with E-state index in [0.29, 0.717) is 18.0 Å². The minimum atomic E-state index is -3.74. The van der Waals surface area contributed by atoms with E-state index in [0.717, 1.165) is 12.1 Å². The van der Waals surface area contributed by atoms with Gasteiger partial charge in [0, 0.05) is 30.6 Å². The Bertz CT molecular complexity index is 1000. The molecule has 31 heavy (non-hydrogen) atoms. The maximum Gasteiger partial charge on any atom is 0.248 e. The van der Waals surface area contributed by atoms with Crippen molar-refractivity contribution in [1.82, 2.24) is 14.6 Å². The van der Waals surface area contributed by atoms with Crippen molar-refractivity contribution in [3.8, 4) is 0 Å². The molecule has 0 saturated carbocycles. The van der Waals surface area contributed by atoms with E-state index in [1.54, 1.807) is 11.6 Å². The van der Waals surface area contributed by atoms with Crippen molar-refractivity contribution in [3.05, 3.63) is 41.7 Å². The van der Waals surface area contributed by atoms with Gasteiger partial charge in [0.2, 0.25) is 21.8 Å². The predicted molar refractivity (Wildman–Crippen MR) is 115 cm³/mol. The molecule has 0 unspecified atom stereocenters. The van der Waals surface area contributed by atoms with Crippen LogP contribution in [0.1, 0.15) is 26.7 Å². The lowest BCUT2D eigenvalue weighted by molar-refractivity contribution is -0.130. The number of thiazole rings is 1. The van der Waals surface area contributed by atoms with Gasteiger partial charge in [0.25, 0.3) is 0 Å². The van der Waals surface area contributed by atoms with Crippen LogP contribution in [-0.4, -0.2) is 48.7 Å². The summed E-state index contributed by atoms with van der Waals surface area (Å²) < 4.78 is 39.9. The van der Waals surface area contributed by atoms with Crippen molar-refractivity contribution in [1.29, 1.82) is 0 Å². The molecule has 1 aromatic heterocycles. The number of hydrogen-bond acceptors (Lipinski definition) is 6. The normalized spacial score (nSPS) is 16.8. The van der Waals surface area contributed by atoms with Gasteiger partial charge in [-0.05, 0) is 43.0 Å². The summed E-state index contributed by atoms with van der Waals surface area (Å²) in [6.45, 7) is 4.03. The van der Waals surface area contributed by atoms with E-state index in [4.69, 9.17) is 0 Å². The SMILES string of the molecule is CC(C)[C@H](NC(=O)C1CCN(S(=O)(=O)c2ccc(F)cc2)CC1)C(=O)Nc1nccs1. The van der Waals surface area contributed by atoms with Crippen molar-refractivity contribution in [2.24, 2.45) is 11.8 Å². The number of sulfonamides is 1. The topological polar surface area (TPSA) is 108 Å². The molecule has 1 atom stereocenters. The number of anilines is 1. The van der Waals surface area contributed by atoms with Crippen LogP contribution >= 0.6 is 11.3 Å². The van der Waals surface area contributed by atoms with Crippen LogP contribution in [0.25, 0.3) is 0 Å². The van der Waals surface area contributed by atoms with Crippen LogP contribution in [0.2, 0.25) is 0 Å². The van der Waals surface area contributed by atoms with Gasteiger partial charge in [-0.15, -0.1) is 11.3 Å². The Morgan fingerprint density at radius 2 is 1.84 bits per heavy atom. The minimum Gasteiger partial charge on any atom is -0.344 e. The van der Waals surface area contributed by atoms with Gasteiger partial charge in [0.15, 0.2) is 5.13 Å². The van der Waals surface area contributed by atoms with Crippen LogP contribution in [-0.2, 0) is 19.6 Å². The first-order valence-electron chi connectivity index (χ1n) is 9.95. The van der Waals surface area contributed by atoms with Gasteiger partial charge < -0.3 is 10.6 Å². The third-order valence-electron chi connectivity index (χ3n) is 5.19. The molecule has 0 bridgehead atoms. The van der Waals surface area contributed by atoms with E-state index >= 15 is 0 Å². The second kappa shape index (κ2) is 9.84. The number of aromatic nitrogens is 1. The molecule has 8 nitrogen and oxygen atoms in total. The Labute approximate surface area is 184 Å². The van der Waals surface area contributed by atoms with Crippen LogP contribution in [0.4, 0.5) is 9.52 Å². The van der Waals surface area contributed by atoms with Gasteiger partial charge in [-0.25, -0.2) is 17.8 Å². The van der Waals surface area contributed by atoms with Gasteiger partial charge in [0.1, 0.15) is 11.9 Å². The van der Waals surface area contributed by atoms with Crippen LogP contribution in [0.15, 0.2) is 40.7 Å². The average Bonchev–Trinajstić information content (AvgIpc) is 3.25. The first kappa shape index (κ1) is 23.3. The van der Waals surface area contributed by atoms with Crippen molar-refractivity contribution in [2.75, 3.05) is 18.4 Å². The lowest BCUT2D eigenvalue weighted by Crippen LogP contribution is -2.50. The summed E-state index contributed by atoms with van der Waals surface area (Å²) in [7, 11) is -3.74. The Hall–Kier alpha value is -2.37. The molecule has 3 rings (SSSR count). The lowest BCUT2D eigenvalue weighted by atomic mass is 9.95. The summed E-state index contributed by atoms with van der Waals surface area (Å²) in [5, 5.41) is 7.71. The van der Waals surface area contributed by atoms with Crippen molar-refractivity contribution < 1.29 is 22.4 Å². The van der Waals surface area contributed by atoms with Gasteiger partial charge >= 0.3 is 0 Å². The van der Waals surface area contributed by atoms with E-state index in [9.17, 15) is 22.4 Å². The first-order chi connectivity index (χ1) is 14.7. The molecular weight excluding hydrogens is 443 g/mol. The van der Waals surface area contributed by atoms with Crippen LogP contribution in [0, 0.1) is 17.7 Å². The lowest BCUT2D eigenvalue weighted by Gasteiger charge is -2.31. The summed E-state index contributed by atoms with van der Waals surface area (Å²) in [5.41, 5.74) is 0. The Morgan fingerprint density at radius 1 is 1.19 bits per heavy atom. The summed E-state index contributed by atoms with van der Waals surface area (Å²) in [4.78, 5) is 29.4. The minimum absolute atomic E-state index is 0.0236. The molecular formula is C20H25FN4O4S2. The Morgan fingerprint density at radius 3 is 2.39 bits per heavy atom. The Kier molecular flexibility index (Phi) is 7.39. The molecule has 1 aliphatic rings. The largest absolute Gasteiger partial charge is 0.344 e. The van der Waals surface area contributed by atoms with E-state index in [1.165, 1.54) is 27.8 Å². The molecule has 2 aromatic rings. The first-order valence-corrected chi connectivity index (χ1v) is 12.3. The van der Waals surface area contributed by atoms with E-state index in [1.807, 2.05) is 13.8 Å². The number of carbonyl (C=O) groups is 2. The number of nitrogens with one attached hydrogen (secondary N) is 2. The van der Waals surface area contributed by atoms with Gasteiger partial charge in [0.05, 0.1) is 4.90 Å². The number of benzene rings is 1. The highest BCUT2D eigenvalue weighted by Crippen LogP contribution is 2.24. The second-order valence-corrected chi connectivity index (χ2v) is 10.5. The molecule has 11 heteroatoms. The van der Waals surface area contributed by atoms with Crippen molar-refractivity contribution in [3.63, 3.8) is 0 Å². The quantitative estimate of drug-likeness (QED) is 0.649. The number of amides is 2. The molecule has 1 aliphatic heterocycles. The highest BCUT2D eigenvalue weighted by molar-refractivity contribution is 7.89. The van der Waals surface area contributed by atoms with Crippen LogP contribution in [0.3, 0.4) is 0 Å².